The number of aromatic nitrogens is 1. The Balaban J connectivity index is 1.43. The summed E-state index contributed by atoms with van der Waals surface area (Å²) < 4.78 is 1.51. The van der Waals surface area contributed by atoms with Crippen molar-refractivity contribution >= 4 is 58.1 Å². The number of thiazole rings is 1. The number of fused-ring (bicyclic) bond motifs is 2. The van der Waals surface area contributed by atoms with Crippen molar-refractivity contribution in [2.24, 2.45) is 5.92 Å². The average Bonchev–Trinajstić information content (AvgIpc) is 3.36. The fourth-order valence-corrected chi connectivity index (χ4v) is 8.51. The first-order chi connectivity index (χ1) is 18.3. The molecule has 2 saturated heterocycles. The Kier molecular flexibility index (Phi) is 6.70. The molecule has 0 spiro atoms. The van der Waals surface area contributed by atoms with Gasteiger partial charge >= 0.3 is 4.87 Å². The Hall–Kier alpha value is -2.88. The number of thioether (sulfide) groups is 1. The zero-order chi connectivity index (χ0) is 26.6. The van der Waals surface area contributed by atoms with E-state index < -0.39 is 17.1 Å². The number of hydrogen-bond donors (Lipinski definition) is 0. The normalized spacial score (nSPS) is 22.9. The molecular formula is C28H26ClN3O4S2. The molecule has 0 radical (unpaired) electrons. The van der Waals surface area contributed by atoms with Crippen molar-refractivity contribution in [1.29, 1.82) is 0 Å². The number of likely N-dealkylation sites (tertiary alicyclic amines) is 1. The third kappa shape index (κ3) is 4.30. The van der Waals surface area contributed by atoms with Gasteiger partial charge in [-0.15, -0.1) is 0 Å². The molecular weight excluding hydrogens is 542 g/mol. The molecule has 0 bridgehead atoms. The van der Waals surface area contributed by atoms with Crippen molar-refractivity contribution in [3.63, 3.8) is 0 Å². The second-order valence-corrected chi connectivity index (χ2v) is 12.6. The summed E-state index contributed by atoms with van der Waals surface area (Å²) in [6.45, 7) is 3.28. The van der Waals surface area contributed by atoms with Gasteiger partial charge in [0.05, 0.1) is 16.6 Å². The van der Waals surface area contributed by atoms with Crippen LogP contribution in [-0.2, 0) is 20.9 Å². The molecule has 3 atom stereocenters. The van der Waals surface area contributed by atoms with Crippen molar-refractivity contribution < 1.29 is 14.4 Å². The quantitative estimate of drug-likeness (QED) is 0.428. The summed E-state index contributed by atoms with van der Waals surface area (Å²) in [4.78, 5) is 57.6. The summed E-state index contributed by atoms with van der Waals surface area (Å²) in [5.41, 5.74) is 2.38. The van der Waals surface area contributed by atoms with E-state index in [4.69, 9.17) is 11.6 Å². The largest absolute Gasteiger partial charge is 0.341 e. The van der Waals surface area contributed by atoms with E-state index in [0.29, 0.717) is 28.8 Å². The van der Waals surface area contributed by atoms with Crippen LogP contribution in [0, 0.1) is 12.8 Å². The van der Waals surface area contributed by atoms with Crippen molar-refractivity contribution in [1.82, 2.24) is 9.47 Å². The molecule has 4 heterocycles. The first-order valence-corrected chi connectivity index (χ1v) is 14.8. The van der Waals surface area contributed by atoms with Crippen molar-refractivity contribution in [3.8, 4) is 0 Å². The lowest BCUT2D eigenvalue weighted by atomic mass is 9.83. The lowest BCUT2D eigenvalue weighted by Crippen LogP contribution is -2.39. The maximum absolute atomic E-state index is 13.9. The van der Waals surface area contributed by atoms with Crippen molar-refractivity contribution in [2.45, 2.75) is 48.9 Å². The highest BCUT2D eigenvalue weighted by molar-refractivity contribution is 8.00. The standard InChI is InChI=1S/C28H26ClN3O4S2/c1-16-5-11-19(12-6-16)32-25(34)22-21(17-7-9-18(29)10-8-17)24-27(37-23(22)26(32)35)31(28(36)38-24)15-20(33)30-13-3-2-4-14-30/h5-12,21-23H,2-4,13-15H2,1H3/t21-,22?,23?/m1/s1. The van der Waals surface area contributed by atoms with E-state index in [-0.39, 0.29) is 29.1 Å². The molecule has 10 heteroatoms. The molecule has 3 aliphatic heterocycles. The number of carbonyl (C=O) groups is 3. The second-order valence-electron chi connectivity index (χ2n) is 10.0. The number of nitrogens with zero attached hydrogens (tertiary/aromatic N) is 3. The van der Waals surface area contributed by atoms with Crippen LogP contribution < -0.4 is 9.77 Å². The molecule has 3 aliphatic rings. The lowest BCUT2D eigenvalue weighted by Gasteiger charge is -2.31. The van der Waals surface area contributed by atoms with Crippen LogP contribution in [0.25, 0.3) is 0 Å². The van der Waals surface area contributed by atoms with Crippen LogP contribution in [0.2, 0.25) is 5.02 Å². The van der Waals surface area contributed by atoms with E-state index in [0.717, 1.165) is 46.6 Å². The summed E-state index contributed by atoms with van der Waals surface area (Å²) in [7, 11) is 0. The van der Waals surface area contributed by atoms with E-state index in [1.165, 1.54) is 21.2 Å². The van der Waals surface area contributed by atoms with Gasteiger partial charge in [-0.3, -0.25) is 23.7 Å². The smallest absolute Gasteiger partial charge is 0.308 e. The fourth-order valence-electron chi connectivity index (χ4n) is 5.61. The summed E-state index contributed by atoms with van der Waals surface area (Å²) in [5.74, 6) is -1.84. The Morgan fingerprint density at radius 2 is 1.63 bits per heavy atom. The second kappa shape index (κ2) is 10.0. The lowest BCUT2D eigenvalue weighted by molar-refractivity contribution is -0.133. The highest BCUT2D eigenvalue weighted by Gasteiger charge is 2.56. The number of aryl methyl sites for hydroxylation is 1. The first kappa shape index (κ1) is 25.4. The Bertz CT molecular complexity index is 1480. The number of anilines is 1. The van der Waals surface area contributed by atoms with Gasteiger partial charge in [-0.25, -0.2) is 4.90 Å². The zero-order valence-electron chi connectivity index (χ0n) is 20.8. The van der Waals surface area contributed by atoms with Gasteiger partial charge in [0.2, 0.25) is 17.7 Å². The van der Waals surface area contributed by atoms with Gasteiger partial charge in [-0.1, -0.05) is 64.5 Å². The minimum Gasteiger partial charge on any atom is -0.341 e. The SMILES string of the molecule is Cc1ccc(N2C(=O)C3Sc4c(sc(=O)n4CC(=O)N4CCCCC4)[C@H](c4ccc(Cl)cc4)C3C2=O)cc1. The molecule has 0 N–H and O–H groups in total. The van der Waals surface area contributed by atoms with Crippen LogP contribution in [-0.4, -0.2) is 45.5 Å². The van der Waals surface area contributed by atoms with Crippen LogP contribution in [0.5, 0.6) is 0 Å². The third-order valence-corrected chi connectivity index (χ3v) is 10.4. The molecule has 38 heavy (non-hydrogen) atoms. The summed E-state index contributed by atoms with van der Waals surface area (Å²) in [5, 5.41) is 0.462. The predicted molar refractivity (Wildman–Crippen MR) is 149 cm³/mol. The summed E-state index contributed by atoms with van der Waals surface area (Å²) in [6, 6.07) is 14.5. The highest BCUT2D eigenvalue weighted by atomic mass is 35.5. The number of imide groups is 1. The van der Waals surface area contributed by atoms with Crippen molar-refractivity contribution in [3.05, 3.63) is 79.2 Å². The molecule has 2 unspecified atom stereocenters. The molecule has 2 aromatic carbocycles. The number of halogens is 1. The number of amides is 3. The van der Waals surface area contributed by atoms with Gasteiger partial charge in [-0.05, 0) is 56.0 Å². The van der Waals surface area contributed by atoms with Gasteiger partial charge in [0.25, 0.3) is 0 Å². The number of piperidine rings is 1. The van der Waals surface area contributed by atoms with Crippen LogP contribution >= 0.6 is 34.7 Å². The summed E-state index contributed by atoms with van der Waals surface area (Å²) >= 11 is 8.47. The van der Waals surface area contributed by atoms with Crippen LogP contribution in [0.4, 0.5) is 5.69 Å². The Labute approximate surface area is 233 Å². The van der Waals surface area contributed by atoms with Gasteiger partial charge < -0.3 is 4.90 Å². The monoisotopic (exact) mass is 567 g/mol. The van der Waals surface area contributed by atoms with Crippen LogP contribution in [0.3, 0.4) is 0 Å². The third-order valence-electron chi connectivity index (χ3n) is 7.57. The van der Waals surface area contributed by atoms with Crippen molar-refractivity contribution in [2.75, 3.05) is 18.0 Å². The van der Waals surface area contributed by atoms with Gasteiger partial charge in [0.15, 0.2) is 0 Å². The van der Waals surface area contributed by atoms with Gasteiger partial charge in [-0.2, -0.15) is 0 Å². The zero-order valence-corrected chi connectivity index (χ0v) is 23.2. The maximum Gasteiger partial charge on any atom is 0.308 e. The van der Waals surface area contributed by atoms with E-state index in [9.17, 15) is 19.2 Å². The highest BCUT2D eigenvalue weighted by Crippen LogP contribution is 2.54. The number of hydrogen-bond acceptors (Lipinski definition) is 6. The minimum atomic E-state index is -0.706. The number of carbonyl (C=O) groups excluding carboxylic acids is 3. The number of rotatable bonds is 4. The average molecular weight is 568 g/mol. The molecule has 7 nitrogen and oxygen atoms in total. The predicted octanol–water partition coefficient (Wildman–Crippen LogP) is 4.68. The molecule has 0 saturated carbocycles. The van der Waals surface area contributed by atoms with E-state index in [1.54, 1.807) is 24.3 Å². The topological polar surface area (TPSA) is 79.7 Å². The molecule has 2 fully saturated rings. The van der Waals surface area contributed by atoms with Gasteiger partial charge in [0, 0.05) is 28.9 Å². The molecule has 6 rings (SSSR count). The summed E-state index contributed by atoms with van der Waals surface area (Å²) in [6.07, 6.45) is 3.03. The van der Waals surface area contributed by atoms with Crippen LogP contribution in [0.1, 0.15) is 41.2 Å². The van der Waals surface area contributed by atoms with Gasteiger partial charge in [0.1, 0.15) is 11.8 Å². The van der Waals surface area contributed by atoms with E-state index >= 15 is 0 Å². The fraction of sp³-hybridized carbons (Fsp3) is 0.357. The number of benzene rings is 2. The maximum atomic E-state index is 13.9. The molecule has 1 aromatic heterocycles. The minimum absolute atomic E-state index is 0.0633. The Morgan fingerprint density at radius 3 is 2.32 bits per heavy atom. The molecule has 196 valence electrons. The Morgan fingerprint density at radius 1 is 0.947 bits per heavy atom. The van der Waals surface area contributed by atoms with Crippen LogP contribution in [0.15, 0.2) is 58.4 Å². The molecule has 0 aliphatic carbocycles. The van der Waals surface area contributed by atoms with E-state index in [2.05, 4.69) is 0 Å². The molecule has 3 amide bonds. The first-order valence-electron chi connectivity index (χ1n) is 12.7. The van der Waals surface area contributed by atoms with E-state index in [1.807, 2.05) is 36.1 Å². The molecule has 3 aromatic rings.